The molecule has 0 radical (unpaired) electrons. The Labute approximate surface area is 252 Å². The number of fused-ring (bicyclic) bond motifs is 5. The Hall–Kier alpha value is -2.74. The van der Waals surface area contributed by atoms with E-state index in [2.05, 4.69) is 37.2 Å². The van der Waals surface area contributed by atoms with Crippen LogP contribution in [0.3, 0.4) is 0 Å². The second-order valence-electron chi connectivity index (χ2n) is 10.3. The lowest BCUT2D eigenvalue weighted by molar-refractivity contribution is -0.0565. The molecule has 23 heteroatoms. The molecule has 10 atom stereocenters. The zero-order valence-electron chi connectivity index (χ0n) is 22.6. The third kappa shape index (κ3) is 5.19. The number of hydrogen-bond acceptors (Lipinski definition) is 15. The van der Waals surface area contributed by atoms with Crippen LogP contribution in [0.2, 0.25) is 0 Å². The predicted octanol–water partition coefficient (Wildman–Crippen LogP) is 1.50. The van der Waals surface area contributed by atoms with E-state index >= 15 is 8.78 Å². The quantitative estimate of drug-likeness (QED) is 0.156. The van der Waals surface area contributed by atoms with Crippen LogP contribution in [0.15, 0.2) is 31.2 Å². The third-order valence-electron chi connectivity index (χ3n) is 7.40. The molecule has 4 N–H and O–H groups in total. The minimum Gasteiger partial charge on any atom is -0.397 e. The number of rotatable bonds is 2. The van der Waals surface area contributed by atoms with Gasteiger partial charge in [0.25, 0.3) is 15.0 Å². The lowest BCUT2D eigenvalue weighted by Gasteiger charge is -2.27. The third-order valence-corrected chi connectivity index (χ3v) is 10.3. The van der Waals surface area contributed by atoms with Crippen molar-refractivity contribution in [3.8, 4) is 0 Å². The van der Waals surface area contributed by atoms with Crippen molar-refractivity contribution in [2.45, 2.75) is 49.2 Å². The van der Waals surface area contributed by atoms with Crippen LogP contribution in [0.25, 0.3) is 22.3 Å². The van der Waals surface area contributed by atoms with Crippen LogP contribution in [-0.4, -0.2) is 91.6 Å². The second kappa shape index (κ2) is 11.0. The van der Waals surface area contributed by atoms with Crippen molar-refractivity contribution >= 4 is 67.9 Å². The summed E-state index contributed by atoms with van der Waals surface area (Å²) in [5.74, 6) is 0.0610. The first-order valence-electron chi connectivity index (χ1n) is 13.1. The van der Waals surface area contributed by atoms with Crippen molar-refractivity contribution in [3.63, 3.8) is 0 Å². The van der Waals surface area contributed by atoms with Crippen LogP contribution in [0.5, 0.6) is 0 Å². The number of alkyl halides is 2. The molecule has 7 rings (SSSR count). The Kier molecular flexibility index (Phi) is 7.46. The van der Waals surface area contributed by atoms with E-state index in [0.29, 0.717) is 11.2 Å². The van der Waals surface area contributed by atoms with Crippen LogP contribution in [0, 0.1) is 0 Å². The Morgan fingerprint density at radius 2 is 1.55 bits per heavy atom. The molecular formula is C21H24BF2N9O8P2S. The van der Waals surface area contributed by atoms with E-state index in [-0.39, 0.29) is 22.6 Å². The molecule has 3 aliphatic rings. The van der Waals surface area contributed by atoms with Crippen LogP contribution < -0.4 is 11.5 Å². The van der Waals surface area contributed by atoms with E-state index < -0.39 is 76.7 Å². The largest absolute Gasteiger partial charge is 0.397 e. The van der Waals surface area contributed by atoms with Crippen molar-refractivity contribution < 1.29 is 45.5 Å². The number of imidazole rings is 2. The Bertz CT molecular complexity index is 1840. The number of nitrogen functional groups attached to an aromatic ring is 2. The van der Waals surface area contributed by atoms with Gasteiger partial charge >= 0.3 is 6.80 Å². The summed E-state index contributed by atoms with van der Waals surface area (Å²) in [5.41, 5.74) is 13.1. The lowest BCUT2D eigenvalue weighted by atomic mass is 10.1. The van der Waals surface area contributed by atoms with E-state index in [1.54, 1.807) is 0 Å². The van der Waals surface area contributed by atoms with Crippen molar-refractivity contribution in [3.05, 3.63) is 31.2 Å². The molecule has 3 saturated heterocycles. The molecule has 234 valence electrons. The molecule has 44 heavy (non-hydrogen) atoms. The maximum Gasteiger partial charge on any atom is 0.386 e. The highest BCUT2D eigenvalue weighted by atomic mass is 32.7. The van der Waals surface area contributed by atoms with E-state index in [4.69, 9.17) is 39.0 Å². The highest BCUT2D eigenvalue weighted by molar-refractivity contribution is 8.44. The van der Waals surface area contributed by atoms with Gasteiger partial charge in [0, 0.05) is 6.20 Å². The van der Waals surface area contributed by atoms with E-state index in [9.17, 15) is 9.13 Å². The zero-order valence-corrected chi connectivity index (χ0v) is 25.3. The Balaban J connectivity index is 1.20. The van der Waals surface area contributed by atoms with Crippen LogP contribution in [-0.2, 0) is 36.7 Å². The summed E-state index contributed by atoms with van der Waals surface area (Å²) in [7, 11) is -3.00. The molecule has 4 aromatic rings. The fourth-order valence-electron chi connectivity index (χ4n) is 5.35. The summed E-state index contributed by atoms with van der Waals surface area (Å²) in [6, 6.07) is 1.54. The summed E-state index contributed by atoms with van der Waals surface area (Å²) in [6.45, 7) is -5.63. The van der Waals surface area contributed by atoms with Gasteiger partial charge in [-0.2, -0.15) is 0 Å². The normalized spacial score (nSPS) is 38.2. The van der Waals surface area contributed by atoms with Gasteiger partial charge in [0.1, 0.15) is 41.8 Å². The molecule has 0 amide bonds. The van der Waals surface area contributed by atoms with Crippen molar-refractivity contribution in [1.82, 2.24) is 34.1 Å². The van der Waals surface area contributed by atoms with Crippen molar-refractivity contribution in [2.24, 2.45) is 0 Å². The summed E-state index contributed by atoms with van der Waals surface area (Å²) < 4.78 is 95.3. The molecular weight excluding hydrogens is 649 g/mol. The number of aromatic nitrogens is 7. The van der Waals surface area contributed by atoms with Gasteiger partial charge in [-0.05, 0) is 6.07 Å². The number of nitrogens with zero attached hydrogens (tertiary/aromatic N) is 7. The van der Waals surface area contributed by atoms with Gasteiger partial charge in [-0.25, -0.2) is 38.3 Å². The molecule has 0 spiro atoms. The zero-order chi connectivity index (χ0) is 31.0. The molecule has 3 aliphatic heterocycles. The lowest BCUT2D eigenvalue weighted by Crippen LogP contribution is -2.34. The smallest absolute Gasteiger partial charge is 0.386 e. The molecule has 2 unspecified atom stereocenters. The van der Waals surface area contributed by atoms with Gasteiger partial charge in [-0.3, -0.25) is 22.7 Å². The fourth-order valence-corrected chi connectivity index (χ4v) is 7.98. The Morgan fingerprint density at radius 3 is 2.34 bits per heavy atom. The SMILES string of the molecule is BP1(=O)OC[C@H]2O[C@@H](n3cnc4c(N)ncnc43)[C@H](F)[C@@H]2OP(=O)(S)OC[C@H]2O[C@@H](n3cnc4c(N)ccnc43)[C@H](O1)[C@@H]2F. The molecule has 4 aromatic heterocycles. The first kappa shape index (κ1) is 29.9. The number of halogens is 2. The summed E-state index contributed by atoms with van der Waals surface area (Å²) >= 11 is 3.99. The number of pyridine rings is 1. The van der Waals surface area contributed by atoms with Gasteiger partial charge in [0.15, 0.2) is 41.9 Å². The van der Waals surface area contributed by atoms with Crippen LogP contribution in [0.4, 0.5) is 20.3 Å². The van der Waals surface area contributed by atoms with Gasteiger partial charge < -0.3 is 30.0 Å². The van der Waals surface area contributed by atoms with Gasteiger partial charge in [0.05, 0.1) is 31.6 Å². The highest BCUT2D eigenvalue weighted by Crippen LogP contribution is 2.58. The predicted molar refractivity (Wildman–Crippen MR) is 154 cm³/mol. The van der Waals surface area contributed by atoms with Crippen LogP contribution in [0.1, 0.15) is 12.5 Å². The monoisotopic (exact) mass is 673 g/mol. The molecule has 0 aliphatic carbocycles. The van der Waals surface area contributed by atoms with Gasteiger partial charge in [-0.15, -0.1) is 0 Å². The number of anilines is 2. The maximum atomic E-state index is 16.0. The summed E-state index contributed by atoms with van der Waals surface area (Å²) in [4.78, 5) is 20.5. The van der Waals surface area contributed by atoms with Crippen LogP contribution >= 0.6 is 26.5 Å². The average molecular weight is 673 g/mol. The van der Waals surface area contributed by atoms with Crippen molar-refractivity contribution in [1.29, 1.82) is 0 Å². The van der Waals surface area contributed by atoms with Gasteiger partial charge in [0.2, 0.25) is 0 Å². The second-order valence-corrected chi connectivity index (χ2v) is 15.2. The number of ether oxygens (including phenoxy) is 2. The van der Waals surface area contributed by atoms with Gasteiger partial charge in [-0.1, -0.05) is 12.2 Å². The first-order valence-corrected chi connectivity index (χ1v) is 17.8. The number of nitrogens with two attached hydrogens (primary N) is 2. The molecule has 7 heterocycles. The molecule has 3 fully saturated rings. The minimum absolute atomic E-state index is 0.0610. The number of thiol groups is 1. The molecule has 0 saturated carbocycles. The fraction of sp³-hybridized carbons (Fsp3) is 0.476. The van der Waals surface area contributed by atoms with E-state index in [1.807, 2.05) is 0 Å². The summed E-state index contributed by atoms with van der Waals surface area (Å²) in [6.07, 6.45) is -7.38. The Morgan fingerprint density at radius 1 is 0.864 bits per heavy atom. The topological polar surface area (TPSA) is 216 Å². The summed E-state index contributed by atoms with van der Waals surface area (Å²) in [5, 5.41) is 0. The maximum absolute atomic E-state index is 16.0. The standard InChI is InChI=1S/C21H24BF2N9O8P2S/c22-42(34)36-4-10-15(12(24)20(39-10)32-7-31-14-17(26)28-5-29-19(14)32)41-43(35,44)37-3-9-11(23)16(40-42)21(38-9)33-6-30-13-8(25)1-2-27-18(13)33/h1-2,5-7,9-12,15-16,20-21H,3-4,22H2,(H2,25,27)(H,35,44)(H2,26,28,29)/t9-,10-,11-,12-,15-,16-,20-,21-,42?,43?/m1/s1. The molecule has 2 bridgehead atoms. The van der Waals surface area contributed by atoms with E-state index in [1.165, 1.54) is 40.4 Å². The number of hydrogen-bond donors (Lipinski definition) is 3. The molecule has 17 nitrogen and oxygen atoms in total. The van der Waals surface area contributed by atoms with E-state index in [0.717, 1.165) is 7.57 Å². The first-order chi connectivity index (χ1) is 20.9. The van der Waals surface area contributed by atoms with Crippen molar-refractivity contribution in [2.75, 3.05) is 24.7 Å². The minimum atomic E-state index is -4.39. The highest BCUT2D eigenvalue weighted by Gasteiger charge is 2.54. The molecule has 0 aromatic carbocycles. The average Bonchev–Trinajstić information content (AvgIpc) is 3.73.